The summed E-state index contributed by atoms with van der Waals surface area (Å²) >= 11 is 0. The molecule has 0 amide bonds. The Morgan fingerprint density at radius 2 is 1.82 bits per heavy atom. The molecule has 0 saturated carbocycles. The van der Waals surface area contributed by atoms with Crippen LogP contribution in [0.15, 0.2) is 0 Å². The van der Waals surface area contributed by atoms with Crippen molar-refractivity contribution in [2.75, 3.05) is 17.4 Å². The highest BCUT2D eigenvalue weighted by molar-refractivity contribution is 8.11. The van der Waals surface area contributed by atoms with Gasteiger partial charge in [-0.2, -0.15) is 0 Å². The molecule has 66 valence electrons. The first-order valence-corrected chi connectivity index (χ1v) is 6.44. The highest BCUT2D eigenvalue weighted by Crippen LogP contribution is 2.17. The summed E-state index contributed by atoms with van der Waals surface area (Å²) in [6.07, 6.45) is 0. The van der Waals surface area contributed by atoms with Gasteiger partial charge < -0.3 is 5.11 Å². The minimum Gasteiger partial charge on any atom is -0.395 e. The third-order valence-electron chi connectivity index (χ3n) is 1.50. The lowest BCUT2D eigenvalue weighted by atomic mass is 10.5. The van der Waals surface area contributed by atoms with E-state index in [9.17, 15) is 16.8 Å². The lowest BCUT2D eigenvalue weighted by Crippen LogP contribution is -2.22. The topological polar surface area (TPSA) is 88.5 Å². The third-order valence-corrected chi connectivity index (χ3v) is 6.70. The number of aliphatic hydroxyl groups excluding tert-OH is 1. The number of hydrogen-bond acceptors (Lipinski definition) is 5. The van der Waals surface area contributed by atoms with E-state index >= 15 is 0 Å². The standard InChI is InChI=1S/C4H8O5S2/c5-1-4-2-10(6,7)3-11(4,8)9/h4-5H,1-3H2. The fraction of sp³-hybridized carbons (Fsp3) is 1.00. The summed E-state index contributed by atoms with van der Waals surface area (Å²) in [5.41, 5.74) is 0. The van der Waals surface area contributed by atoms with Gasteiger partial charge >= 0.3 is 0 Å². The molecule has 1 rings (SSSR count). The molecule has 11 heavy (non-hydrogen) atoms. The number of sulfone groups is 2. The highest BCUT2D eigenvalue weighted by atomic mass is 32.3. The molecule has 1 unspecified atom stereocenters. The van der Waals surface area contributed by atoms with Crippen LogP contribution in [0.2, 0.25) is 0 Å². The van der Waals surface area contributed by atoms with Gasteiger partial charge in [-0.05, 0) is 0 Å². The van der Waals surface area contributed by atoms with Crippen LogP contribution in [0.5, 0.6) is 0 Å². The first-order chi connectivity index (χ1) is 4.87. The summed E-state index contributed by atoms with van der Waals surface area (Å²) in [6.45, 7) is -0.610. The maximum absolute atomic E-state index is 10.9. The molecule has 1 fully saturated rings. The predicted octanol–water partition coefficient (Wildman–Crippen LogP) is -1.85. The van der Waals surface area contributed by atoms with Crippen LogP contribution in [0.25, 0.3) is 0 Å². The summed E-state index contributed by atoms with van der Waals surface area (Å²) in [7, 11) is -7.05. The molecule has 0 spiro atoms. The van der Waals surface area contributed by atoms with Gasteiger partial charge in [0.2, 0.25) is 0 Å². The van der Waals surface area contributed by atoms with E-state index in [4.69, 9.17) is 5.11 Å². The van der Waals surface area contributed by atoms with E-state index in [1.807, 2.05) is 0 Å². The molecule has 0 aromatic heterocycles. The number of rotatable bonds is 1. The average Bonchev–Trinajstić information content (AvgIpc) is 1.99. The monoisotopic (exact) mass is 200 g/mol. The van der Waals surface area contributed by atoms with Crippen LogP contribution in [0.1, 0.15) is 0 Å². The summed E-state index contributed by atoms with van der Waals surface area (Å²) in [5.74, 6) is -0.439. The first kappa shape index (κ1) is 8.95. The molecule has 0 bridgehead atoms. The maximum Gasteiger partial charge on any atom is 0.170 e. The van der Waals surface area contributed by atoms with E-state index in [0.717, 1.165) is 0 Å². The fourth-order valence-electron chi connectivity index (χ4n) is 0.948. The van der Waals surface area contributed by atoms with Crippen molar-refractivity contribution in [2.45, 2.75) is 5.25 Å². The average molecular weight is 200 g/mol. The van der Waals surface area contributed by atoms with Crippen molar-refractivity contribution in [2.24, 2.45) is 0 Å². The summed E-state index contributed by atoms with van der Waals surface area (Å²) in [5, 5.41) is 6.57. The Morgan fingerprint density at radius 3 is 2.00 bits per heavy atom. The van der Waals surface area contributed by atoms with Gasteiger partial charge in [-0.15, -0.1) is 0 Å². The minimum atomic E-state index is -3.58. The Kier molecular flexibility index (Phi) is 1.97. The molecule has 7 heteroatoms. The molecule has 0 radical (unpaired) electrons. The third kappa shape index (κ3) is 1.71. The quantitative estimate of drug-likeness (QED) is 0.536. The second kappa shape index (κ2) is 2.43. The molecule has 0 aromatic rings. The molecule has 1 aliphatic rings. The van der Waals surface area contributed by atoms with Gasteiger partial charge in [0.05, 0.1) is 17.6 Å². The second-order valence-electron chi connectivity index (χ2n) is 2.50. The zero-order chi connectivity index (χ0) is 8.70. The van der Waals surface area contributed by atoms with Gasteiger partial charge in [0.25, 0.3) is 0 Å². The second-order valence-corrected chi connectivity index (χ2v) is 7.25. The van der Waals surface area contributed by atoms with Crippen molar-refractivity contribution in [3.8, 4) is 0 Å². The maximum atomic E-state index is 10.9. The normalized spacial score (nSPS) is 33.7. The molecule has 1 heterocycles. The van der Waals surface area contributed by atoms with Gasteiger partial charge in [-0.3, -0.25) is 0 Å². The van der Waals surface area contributed by atoms with Crippen LogP contribution < -0.4 is 0 Å². The molecule has 1 saturated heterocycles. The Balaban J connectivity index is 3.08. The van der Waals surface area contributed by atoms with Crippen LogP contribution in [0.4, 0.5) is 0 Å². The van der Waals surface area contributed by atoms with Crippen molar-refractivity contribution in [1.82, 2.24) is 0 Å². The molecule has 1 N–H and O–H groups in total. The highest BCUT2D eigenvalue weighted by Gasteiger charge is 2.41. The zero-order valence-corrected chi connectivity index (χ0v) is 7.23. The Labute approximate surface area is 64.9 Å². The number of hydrogen-bond donors (Lipinski definition) is 1. The molecule has 5 nitrogen and oxygen atoms in total. The zero-order valence-electron chi connectivity index (χ0n) is 5.60. The van der Waals surface area contributed by atoms with Crippen LogP contribution >= 0.6 is 0 Å². The molecule has 1 atom stereocenters. The van der Waals surface area contributed by atoms with Gasteiger partial charge in [-0.1, -0.05) is 0 Å². The Hall–Kier alpha value is -0.140. The molecule has 0 aliphatic carbocycles. The molecular formula is C4H8O5S2. The minimum absolute atomic E-state index is 0.439. The molecule has 0 aromatic carbocycles. The SMILES string of the molecule is O=S1(=O)CC(CO)S(=O)(=O)C1. The Morgan fingerprint density at radius 1 is 1.27 bits per heavy atom. The largest absolute Gasteiger partial charge is 0.395 e. The van der Waals surface area contributed by atoms with Gasteiger partial charge in [0, 0.05) is 0 Å². The van der Waals surface area contributed by atoms with Crippen LogP contribution in [-0.2, 0) is 19.7 Å². The summed E-state index contributed by atoms with van der Waals surface area (Å²) < 4.78 is 43.2. The predicted molar refractivity (Wildman–Crippen MR) is 38.4 cm³/mol. The number of aliphatic hydroxyl groups is 1. The van der Waals surface area contributed by atoms with Crippen molar-refractivity contribution in [3.05, 3.63) is 0 Å². The smallest absolute Gasteiger partial charge is 0.170 e. The summed E-state index contributed by atoms with van der Waals surface area (Å²) in [6, 6.07) is 0. The van der Waals surface area contributed by atoms with Crippen LogP contribution in [0.3, 0.4) is 0 Å². The summed E-state index contributed by atoms with van der Waals surface area (Å²) in [4.78, 5) is 0. The van der Waals surface area contributed by atoms with Crippen molar-refractivity contribution in [1.29, 1.82) is 0 Å². The van der Waals surface area contributed by atoms with Gasteiger partial charge in [-0.25, -0.2) is 16.8 Å². The molecular weight excluding hydrogens is 192 g/mol. The molecule has 1 aliphatic heterocycles. The van der Waals surface area contributed by atoms with E-state index < -0.39 is 42.4 Å². The lowest BCUT2D eigenvalue weighted by molar-refractivity contribution is 0.297. The van der Waals surface area contributed by atoms with E-state index in [1.54, 1.807) is 0 Å². The van der Waals surface area contributed by atoms with Gasteiger partial charge in [0.1, 0.15) is 0 Å². The van der Waals surface area contributed by atoms with E-state index in [0.29, 0.717) is 0 Å². The fourth-order valence-corrected chi connectivity index (χ4v) is 6.46. The van der Waals surface area contributed by atoms with Gasteiger partial charge in [0.15, 0.2) is 24.8 Å². The van der Waals surface area contributed by atoms with Crippen molar-refractivity contribution < 1.29 is 21.9 Å². The van der Waals surface area contributed by atoms with Crippen molar-refractivity contribution in [3.63, 3.8) is 0 Å². The Bertz CT molecular complexity index is 337. The lowest BCUT2D eigenvalue weighted by Gasteiger charge is -1.99. The van der Waals surface area contributed by atoms with Crippen LogP contribution in [-0.4, -0.2) is 44.6 Å². The first-order valence-electron chi connectivity index (χ1n) is 2.90. The van der Waals surface area contributed by atoms with E-state index in [-0.39, 0.29) is 0 Å². The van der Waals surface area contributed by atoms with Crippen molar-refractivity contribution >= 4 is 19.7 Å². The van der Waals surface area contributed by atoms with Crippen LogP contribution in [0, 0.1) is 0 Å². The van der Waals surface area contributed by atoms with E-state index in [1.165, 1.54) is 0 Å². The van der Waals surface area contributed by atoms with E-state index in [2.05, 4.69) is 0 Å².